The molecule has 1 saturated heterocycles. The summed E-state index contributed by atoms with van der Waals surface area (Å²) in [6.07, 6.45) is -2.23. The molecule has 3 rings (SSSR count). The molecule has 0 radical (unpaired) electrons. The van der Waals surface area contributed by atoms with Crippen LogP contribution in [0, 0.1) is 0 Å². The number of aryl methyl sites for hydroxylation is 1. The van der Waals surface area contributed by atoms with Gasteiger partial charge in [-0.2, -0.15) is 18.3 Å². The Kier molecular flexibility index (Phi) is 6.19. The second-order valence-corrected chi connectivity index (χ2v) is 6.82. The highest BCUT2D eigenvalue weighted by molar-refractivity contribution is 5.92. The number of hydrogen-bond donors (Lipinski definition) is 0. The predicted molar refractivity (Wildman–Crippen MR) is 101 cm³/mol. The first-order chi connectivity index (χ1) is 13.8. The molecule has 2 aromatic heterocycles. The molecule has 2 aromatic rings. The maximum absolute atomic E-state index is 12.8. The van der Waals surface area contributed by atoms with E-state index in [1.165, 1.54) is 22.9 Å². The van der Waals surface area contributed by atoms with E-state index in [0.29, 0.717) is 45.0 Å². The van der Waals surface area contributed by atoms with Crippen molar-refractivity contribution in [1.82, 2.24) is 19.7 Å². The molecule has 1 aliphatic heterocycles. The number of carbonyl (C=O) groups excluding carboxylic acids is 1. The number of halogens is 3. The molecular weight excluding hydrogens is 387 g/mol. The summed E-state index contributed by atoms with van der Waals surface area (Å²) in [6.45, 7) is 4.25. The Hall–Kier alpha value is -2.91. The molecule has 1 aliphatic rings. The topological polar surface area (TPSA) is 71.3 Å². The average Bonchev–Trinajstić information content (AvgIpc) is 2.95. The van der Waals surface area contributed by atoms with Crippen LogP contribution in [0.2, 0.25) is 0 Å². The molecule has 0 spiro atoms. The Morgan fingerprint density at radius 3 is 2.55 bits per heavy atom. The minimum atomic E-state index is -4.42. The van der Waals surface area contributed by atoms with Gasteiger partial charge < -0.3 is 9.80 Å². The molecule has 0 bridgehead atoms. The lowest BCUT2D eigenvalue weighted by molar-refractivity contribution is -0.137. The number of rotatable bonds is 4. The van der Waals surface area contributed by atoms with Crippen LogP contribution < -0.4 is 10.5 Å². The largest absolute Gasteiger partial charge is 0.417 e. The summed E-state index contributed by atoms with van der Waals surface area (Å²) in [5.41, 5.74) is -0.834. The van der Waals surface area contributed by atoms with Gasteiger partial charge in [-0.05, 0) is 31.0 Å². The maximum Gasteiger partial charge on any atom is 0.417 e. The van der Waals surface area contributed by atoms with Crippen molar-refractivity contribution in [3.8, 4) is 0 Å². The third-order valence-corrected chi connectivity index (χ3v) is 4.70. The van der Waals surface area contributed by atoms with E-state index < -0.39 is 11.7 Å². The fourth-order valence-corrected chi connectivity index (χ4v) is 3.19. The number of anilines is 1. The monoisotopic (exact) mass is 409 g/mol. The van der Waals surface area contributed by atoms with Crippen LogP contribution in [0.25, 0.3) is 0 Å². The van der Waals surface area contributed by atoms with Gasteiger partial charge in [0, 0.05) is 45.0 Å². The molecule has 0 aromatic carbocycles. The first kappa shape index (κ1) is 20.8. The zero-order chi connectivity index (χ0) is 21.0. The van der Waals surface area contributed by atoms with Crippen LogP contribution in [0.3, 0.4) is 0 Å². The second-order valence-electron chi connectivity index (χ2n) is 6.82. The molecular formula is C19H22F3N5O2. The highest BCUT2D eigenvalue weighted by Crippen LogP contribution is 2.29. The summed E-state index contributed by atoms with van der Waals surface area (Å²) in [5, 5.41) is 4.16. The normalized spacial score (nSPS) is 15.3. The van der Waals surface area contributed by atoms with E-state index in [-0.39, 0.29) is 17.2 Å². The lowest BCUT2D eigenvalue weighted by Gasteiger charge is -2.23. The van der Waals surface area contributed by atoms with E-state index in [0.717, 1.165) is 18.7 Å². The smallest absolute Gasteiger partial charge is 0.355 e. The van der Waals surface area contributed by atoms with Crippen LogP contribution in [0.4, 0.5) is 19.0 Å². The number of aromatic nitrogens is 3. The fourth-order valence-electron chi connectivity index (χ4n) is 3.19. The van der Waals surface area contributed by atoms with Gasteiger partial charge in [-0.15, -0.1) is 0 Å². The molecule has 7 nitrogen and oxygen atoms in total. The lowest BCUT2D eigenvalue weighted by atomic mass is 10.2. The average molecular weight is 409 g/mol. The molecule has 0 unspecified atom stereocenters. The maximum atomic E-state index is 12.8. The molecule has 0 N–H and O–H groups in total. The van der Waals surface area contributed by atoms with Crippen molar-refractivity contribution in [1.29, 1.82) is 0 Å². The molecule has 1 amide bonds. The minimum Gasteiger partial charge on any atom is -0.355 e. The van der Waals surface area contributed by atoms with Crippen molar-refractivity contribution in [2.24, 2.45) is 0 Å². The SMILES string of the molecule is CCCn1nc(C(=O)N2CCCN(c3ccc(C(F)(F)F)cn3)CC2)ccc1=O. The number of alkyl halides is 3. The Morgan fingerprint density at radius 2 is 1.90 bits per heavy atom. The quantitative estimate of drug-likeness (QED) is 0.776. The first-order valence-corrected chi connectivity index (χ1v) is 9.45. The van der Waals surface area contributed by atoms with Gasteiger partial charge in [-0.1, -0.05) is 6.92 Å². The highest BCUT2D eigenvalue weighted by atomic mass is 19.4. The van der Waals surface area contributed by atoms with Gasteiger partial charge in [0.25, 0.3) is 11.5 Å². The Bertz CT molecular complexity index is 911. The molecule has 0 aliphatic carbocycles. The third-order valence-electron chi connectivity index (χ3n) is 4.70. The van der Waals surface area contributed by atoms with Crippen LogP contribution >= 0.6 is 0 Å². The van der Waals surface area contributed by atoms with Gasteiger partial charge in [-0.3, -0.25) is 9.59 Å². The Labute approximate surface area is 165 Å². The summed E-state index contributed by atoms with van der Waals surface area (Å²) in [7, 11) is 0. The van der Waals surface area contributed by atoms with Crippen LogP contribution in [0.1, 0.15) is 35.8 Å². The van der Waals surface area contributed by atoms with Crippen LogP contribution in [0.5, 0.6) is 0 Å². The number of pyridine rings is 1. The summed E-state index contributed by atoms with van der Waals surface area (Å²) in [5.74, 6) is 0.180. The number of hydrogen-bond acceptors (Lipinski definition) is 5. The van der Waals surface area contributed by atoms with Crippen LogP contribution in [0.15, 0.2) is 35.3 Å². The zero-order valence-electron chi connectivity index (χ0n) is 16.0. The van der Waals surface area contributed by atoms with E-state index >= 15 is 0 Å². The Balaban J connectivity index is 1.69. The minimum absolute atomic E-state index is 0.208. The standard InChI is InChI=1S/C19H22F3N5O2/c1-2-8-27-17(28)7-5-15(24-27)18(29)26-10-3-9-25(11-12-26)16-6-4-14(13-23-16)19(20,21)22/h4-7,13H,2-3,8-12H2,1H3. The number of carbonyl (C=O) groups is 1. The van der Waals surface area contributed by atoms with Crippen molar-refractivity contribution in [2.75, 3.05) is 31.1 Å². The predicted octanol–water partition coefficient (Wildman–Crippen LogP) is 2.42. The zero-order valence-corrected chi connectivity index (χ0v) is 16.0. The van der Waals surface area contributed by atoms with Crippen molar-refractivity contribution in [2.45, 2.75) is 32.5 Å². The molecule has 29 heavy (non-hydrogen) atoms. The van der Waals surface area contributed by atoms with E-state index in [1.807, 2.05) is 11.8 Å². The van der Waals surface area contributed by atoms with E-state index in [4.69, 9.17) is 0 Å². The number of amides is 1. The summed E-state index contributed by atoms with van der Waals surface area (Å²) < 4.78 is 39.4. The Morgan fingerprint density at radius 1 is 1.10 bits per heavy atom. The van der Waals surface area contributed by atoms with Crippen molar-refractivity contribution >= 4 is 11.7 Å². The molecule has 0 atom stereocenters. The van der Waals surface area contributed by atoms with E-state index in [2.05, 4.69) is 10.1 Å². The summed E-state index contributed by atoms with van der Waals surface area (Å²) in [4.78, 5) is 32.0. The molecule has 1 fully saturated rings. The number of nitrogens with zero attached hydrogens (tertiary/aromatic N) is 5. The molecule has 156 valence electrons. The fraction of sp³-hybridized carbons (Fsp3) is 0.474. The second kappa shape index (κ2) is 8.62. The molecule has 0 saturated carbocycles. The lowest BCUT2D eigenvalue weighted by Crippen LogP contribution is -2.37. The van der Waals surface area contributed by atoms with Crippen LogP contribution in [-0.4, -0.2) is 51.8 Å². The summed E-state index contributed by atoms with van der Waals surface area (Å²) >= 11 is 0. The van der Waals surface area contributed by atoms with Crippen LogP contribution in [-0.2, 0) is 12.7 Å². The van der Waals surface area contributed by atoms with E-state index in [1.54, 1.807) is 4.90 Å². The first-order valence-electron chi connectivity index (χ1n) is 9.45. The van der Waals surface area contributed by atoms with Crippen molar-refractivity contribution in [3.05, 3.63) is 52.1 Å². The van der Waals surface area contributed by atoms with Gasteiger partial charge in [-0.25, -0.2) is 9.67 Å². The third kappa shape index (κ3) is 4.93. The van der Waals surface area contributed by atoms with Gasteiger partial charge in [0.15, 0.2) is 0 Å². The van der Waals surface area contributed by atoms with Gasteiger partial charge >= 0.3 is 6.18 Å². The van der Waals surface area contributed by atoms with Crippen molar-refractivity contribution in [3.63, 3.8) is 0 Å². The molecule has 10 heteroatoms. The van der Waals surface area contributed by atoms with Gasteiger partial charge in [0.1, 0.15) is 11.5 Å². The van der Waals surface area contributed by atoms with E-state index in [9.17, 15) is 22.8 Å². The van der Waals surface area contributed by atoms with Gasteiger partial charge in [0.05, 0.1) is 5.56 Å². The van der Waals surface area contributed by atoms with Gasteiger partial charge in [0.2, 0.25) is 0 Å². The summed E-state index contributed by atoms with van der Waals surface area (Å²) in [6, 6.07) is 5.13. The highest BCUT2D eigenvalue weighted by Gasteiger charge is 2.31. The molecule has 3 heterocycles. The van der Waals surface area contributed by atoms with Crippen molar-refractivity contribution < 1.29 is 18.0 Å².